The Morgan fingerprint density at radius 3 is 2.47 bits per heavy atom. The largest absolute Gasteiger partial charge is 0.497 e. The van der Waals surface area contributed by atoms with Gasteiger partial charge in [0.2, 0.25) is 0 Å². The molecule has 0 atom stereocenters. The van der Waals surface area contributed by atoms with Crippen LogP contribution >= 0.6 is 0 Å². The van der Waals surface area contributed by atoms with Crippen molar-refractivity contribution in [2.75, 3.05) is 39.4 Å². The van der Waals surface area contributed by atoms with E-state index in [-0.39, 0.29) is 11.3 Å². The average molecular weight is 416 g/mol. The molecule has 1 aliphatic heterocycles. The van der Waals surface area contributed by atoms with Crippen LogP contribution in [-0.4, -0.2) is 51.9 Å². The maximum atomic E-state index is 12.2. The fraction of sp³-hybridized carbons (Fsp3) is 0.250. The van der Waals surface area contributed by atoms with Crippen LogP contribution in [0.15, 0.2) is 36.4 Å². The van der Waals surface area contributed by atoms with Gasteiger partial charge in [0.1, 0.15) is 30.3 Å². The maximum Gasteiger partial charge on any atom is 0.342 e. The Morgan fingerprint density at radius 2 is 1.73 bits per heavy atom. The molecule has 0 aromatic heterocycles. The van der Waals surface area contributed by atoms with E-state index in [1.54, 1.807) is 24.3 Å². The standard InChI is InChI=1S/C20H20N2O8/c1-26-13-4-6-15(27-2)14(10-13)19(24)30-11-18(23)22-20(25)21-12-3-5-16-17(9-12)29-8-7-28-16/h3-6,9-10H,7-8,11H2,1-2H3,(H2,21,22,23,25). The third-order valence-corrected chi connectivity index (χ3v) is 4.01. The van der Waals surface area contributed by atoms with Gasteiger partial charge in [-0.05, 0) is 30.3 Å². The first kappa shape index (κ1) is 20.8. The van der Waals surface area contributed by atoms with E-state index in [1.807, 2.05) is 0 Å². The topological polar surface area (TPSA) is 121 Å². The van der Waals surface area contributed by atoms with Crippen LogP contribution in [0.3, 0.4) is 0 Å². The van der Waals surface area contributed by atoms with Gasteiger partial charge >= 0.3 is 12.0 Å². The zero-order valence-corrected chi connectivity index (χ0v) is 16.4. The van der Waals surface area contributed by atoms with Crippen molar-refractivity contribution < 1.29 is 38.1 Å². The number of fused-ring (bicyclic) bond motifs is 1. The van der Waals surface area contributed by atoms with E-state index in [2.05, 4.69) is 10.6 Å². The summed E-state index contributed by atoms with van der Waals surface area (Å²) in [6.45, 7) is 0.202. The SMILES string of the molecule is COc1ccc(OC)c(C(=O)OCC(=O)NC(=O)Nc2ccc3c(c2)OCCO3)c1. The van der Waals surface area contributed by atoms with Gasteiger partial charge in [0.05, 0.1) is 14.2 Å². The Hall–Kier alpha value is -3.95. The summed E-state index contributed by atoms with van der Waals surface area (Å²) in [5.74, 6) is 0.145. The molecule has 158 valence electrons. The van der Waals surface area contributed by atoms with Gasteiger partial charge in [-0.1, -0.05) is 0 Å². The second-order valence-electron chi connectivity index (χ2n) is 6.00. The first-order valence-electron chi connectivity index (χ1n) is 8.90. The number of hydrogen-bond donors (Lipinski definition) is 2. The molecule has 2 aromatic rings. The molecule has 0 spiro atoms. The third-order valence-electron chi connectivity index (χ3n) is 4.01. The van der Waals surface area contributed by atoms with Gasteiger partial charge in [0.15, 0.2) is 18.1 Å². The number of methoxy groups -OCH3 is 2. The van der Waals surface area contributed by atoms with Crippen molar-refractivity contribution in [2.45, 2.75) is 0 Å². The Kier molecular flexibility index (Phi) is 6.58. The smallest absolute Gasteiger partial charge is 0.342 e. The number of carbonyl (C=O) groups excluding carboxylic acids is 3. The van der Waals surface area contributed by atoms with Crippen molar-refractivity contribution in [3.63, 3.8) is 0 Å². The first-order chi connectivity index (χ1) is 14.5. The molecule has 0 unspecified atom stereocenters. The molecule has 2 N–H and O–H groups in total. The lowest BCUT2D eigenvalue weighted by Crippen LogP contribution is -2.37. The summed E-state index contributed by atoms with van der Waals surface area (Å²) in [5.41, 5.74) is 0.494. The van der Waals surface area contributed by atoms with Crippen LogP contribution in [0.5, 0.6) is 23.0 Å². The molecule has 10 nitrogen and oxygen atoms in total. The Bertz CT molecular complexity index is 960. The lowest BCUT2D eigenvalue weighted by Gasteiger charge is -2.19. The number of amides is 3. The molecule has 3 rings (SSSR count). The molecule has 10 heteroatoms. The average Bonchev–Trinajstić information content (AvgIpc) is 2.76. The Morgan fingerprint density at radius 1 is 0.967 bits per heavy atom. The van der Waals surface area contributed by atoms with Crippen LogP contribution in [0.25, 0.3) is 0 Å². The molecule has 0 fully saturated rings. The number of nitrogens with one attached hydrogen (secondary N) is 2. The van der Waals surface area contributed by atoms with Gasteiger partial charge in [-0.2, -0.15) is 0 Å². The lowest BCUT2D eigenvalue weighted by molar-refractivity contribution is -0.123. The van der Waals surface area contributed by atoms with Gasteiger partial charge in [0.25, 0.3) is 5.91 Å². The number of benzene rings is 2. The predicted octanol–water partition coefficient (Wildman–Crippen LogP) is 1.98. The van der Waals surface area contributed by atoms with E-state index in [1.165, 1.54) is 26.4 Å². The molecule has 0 saturated carbocycles. The second-order valence-corrected chi connectivity index (χ2v) is 6.00. The molecule has 3 amide bonds. The number of rotatable bonds is 6. The van der Waals surface area contributed by atoms with Crippen molar-refractivity contribution in [3.8, 4) is 23.0 Å². The van der Waals surface area contributed by atoms with Crippen molar-refractivity contribution in [1.29, 1.82) is 0 Å². The molecule has 1 aliphatic rings. The van der Waals surface area contributed by atoms with Crippen LogP contribution in [-0.2, 0) is 9.53 Å². The number of imide groups is 1. The monoisotopic (exact) mass is 416 g/mol. The van der Waals surface area contributed by atoms with Crippen LogP contribution in [0.2, 0.25) is 0 Å². The summed E-state index contributed by atoms with van der Waals surface area (Å²) in [4.78, 5) is 36.2. The highest BCUT2D eigenvalue weighted by molar-refractivity contribution is 6.02. The third kappa shape index (κ3) is 5.10. The molecule has 0 bridgehead atoms. The molecule has 0 aliphatic carbocycles. The summed E-state index contributed by atoms with van der Waals surface area (Å²) in [6.07, 6.45) is 0. The van der Waals surface area contributed by atoms with Crippen molar-refractivity contribution >= 4 is 23.6 Å². The number of ether oxygens (including phenoxy) is 5. The Balaban J connectivity index is 1.52. The highest BCUT2D eigenvalue weighted by Crippen LogP contribution is 2.32. The summed E-state index contributed by atoms with van der Waals surface area (Å²) < 4.78 is 25.9. The van der Waals surface area contributed by atoms with Gasteiger partial charge in [0, 0.05) is 11.8 Å². The van der Waals surface area contributed by atoms with E-state index >= 15 is 0 Å². The van der Waals surface area contributed by atoms with Crippen molar-refractivity contribution in [1.82, 2.24) is 5.32 Å². The minimum atomic E-state index is -0.805. The minimum absolute atomic E-state index is 0.0883. The van der Waals surface area contributed by atoms with Gasteiger partial charge in [-0.15, -0.1) is 0 Å². The molecule has 30 heavy (non-hydrogen) atoms. The van der Waals surface area contributed by atoms with Gasteiger partial charge in [-0.25, -0.2) is 9.59 Å². The van der Waals surface area contributed by atoms with E-state index in [0.717, 1.165) is 0 Å². The van der Waals surface area contributed by atoms with E-state index < -0.39 is 24.5 Å². The van der Waals surface area contributed by atoms with E-state index in [9.17, 15) is 14.4 Å². The fourth-order valence-electron chi connectivity index (χ4n) is 2.63. The van der Waals surface area contributed by atoms with Gasteiger partial charge < -0.3 is 29.0 Å². The molecular formula is C20H20N2O8. The quantitative estimate of drug-likeness (QED) is 0.686. The fourth-order valence-corrected chi connectivity index (χ4v) is 2.63. The molecule has 0 radical (unpaired) electrons. The Labute approximate surface area is 172 Å². The number of carbonyl (C=O) groups is 3. The summed E-state index contributed by atoms with van der Waals surface area (Å²) >= 11 is 0. The normalized spacial score (nSPS) is 11.8. The number of hydrogen-bond acceptors (Lipinski definition) is 8. The van der Waals surface area contributed by atoms with E-state index in [4.69, 9.17) is 23.7 Å². The van der Waals surface area contributed by atoms with Crippen molar-refractivity contribution in [2.24, 2.45) is 0 Å². The van der Waals surface area contributed by atoms with Crippen LogP contribution in [0.4, 0.5) is 10.5 Å². The number of esters is 1. The molecule has 0 saturated heterocycles. The summed E-state index contributed by atoms with van der Waals surface area (Å²) in [7, 11) is 2.85. The van der Waals surface area contributed by atoms with Gasteiger partial charge in [-0.3, -0.25) is 10.1 Å². The predicted molar refractivity (Wildman–Crippen MR) is 104 cm³/mol. The molecule has 2 aromatic carbocycles. The minimum Gasteiger partial charge on any atom is -0.497 e. The second kappa shape index (κ2) is 9.50. The number of anilines is 1. The first-order valence-corrected chi connectivity index (χ1v) is 8.90. The number of urea groups is 1. The molecule has 1 heterocycles. The lowest BCUT2D eigenvalue weighted by atomic mass is 10.2. The van der Waals surface area contributed by atoms with Crippen LogP contribution in [0.1, 0.15) is 10.4 Å². The summed E-state index contributed by atoms with van der Waals surface area (Å²) in [5, 5.41) is 4.56. The van der Waals surface area contributed by atoms with Crippen LogP contribution in [0, 0.1) is 0 Å². The zero-order chi connectivity index (χ0) is 21.5. The molecular weight excluding hydrogens is 396 g/mol. The summed E-state index contributed by atoms with van der Waals surface area (Å²) in [6, 6.07) is 8.62. The van der Waals surface area contributed by atoms with E-state index in [0.29, 0.717) is 36.1 Å². The van der Waals surface area contributed by atoms with Crippen molar-refractivity contribution in [3.05, 3.63) is 42.0 Å². The zero-order valence-electron chi connectivity index (χ0n) is 16.4. The highest BCUT2D eigenvalue weighted by Gasteiger charge is 2.18. The van der Waals surface area contributed by atoms with Crippen LogP contribution < -0.4 is 29.6 Å². The maximum absolute atomic E-state index is 12.2. The highest BCUT2D eigenvalue weighted by atomic mass is 16.6.